The number of ether oxygens (including phenoxy) is 1. The molecule has 2 heterocycles. The van der Waals surface area contributed by atoms with Crippen LogP contribution < -0.4 is 10.6 Å². The van der Waals surface area contributed by atoms with Gasteiger partial charge in [-0.25, -0.2) is 4.39 Å². The van der Waals surface area contributed by atoms with Gasteiger partial charge >= 0.3 is 0 Å². The maximum Gasteiger partial charge on any atom is 0.224 e. The molecule has 19 heavy (non-hydrogen) atoms. The number of fused-ring (bicyclic) bond motifs is 1. The van der Waals surface area contributed by atoms with E-state index in [0.29, 0.717) is 30.8 Å². The van der Waals surface area contributed by atoms with Crippen molar-refractivity contribution >= 4 is 17.3 Å². The predicted octanol–water partition coefficient (Wildman–Crippen LogP) is 2.30. The van der Waals surface area contributed by atoms with Crippen molar-refractivity contribution in [1.82, 2.24) is 0 Å². The molecule has 0 aliphatic carbocycles. The van der Waals surface area contributed by atoms with Crippen LogP contribution in [-0.2, 0) is 16.0 Å². The predicted molar refractivity (Wildman–Crippen MR) is 70.8 cm³/mol. The van der Waals surface area contributed by atoms with Crippen molar-refractivity contribution in [2.45, 2.75) is 38.3 Å². The number of amides is 1. The zero-order valence-electron chi connectivity index (χ0n) is 10.8. The van der Waals surface area contributed by atoms with Crippen LogP contribution in [-0.4, -0.2) is 24.7 Å². The maximum atomic E-state index is 14.0. The molecule has 102 valence electrons. The first-order valence-corrected chi connectivity index (χ1v) is 6.64. The summed E-state index contributed by atoms with van der Waals surface area (Å²) in [5.74, 6) is -0.281. The molecule has 5 heteroatoms. The molecule has 2 aliphatic heterocycles. The van der Waals surface area contributed by atoms with Crippen LogP contribution in [0.1, 0.15) is 25.3 Å². The van der Waals surface area contributed by atoms with E-state index in [0.717, 1.165) is 12.0 Å². The molecule has 2 unspecified atom stereocenters. The fourth-order valence-electron chi connectivity index (χ4n) is 2.63. The van der Waals surface area contributed by atoms with E-state index >= 15 is 0 Å². The number of anilines is 2. The Hall–Kier alpha value is -1.62. The Kier molecular flexibility index (Phi) is 3.14. The van der Waals surface area contributed by atoms with Gasteiger partial charge in [0.1, 0.15) is 5.82 Å². The quantitative estimate of drug-likeness (QED) is 0.861. The van der Waals surface area contributed by atoms with Gasteiger partial charge in [0.2, 0.25) is 5.91 Å². The summed E-state index contributed by atoms with van der Waals surface area (Å²) in [6, 6.07) is 3.32. The fraction of sp³-hybridized carbons (Fsp3) is 0.500. The van der Waals surface area contributed by atoms with Crippen molar-refractivity contribution in [2.75, 3.05) is 17.2 Å². The molecule has 0 aromatic heterocycles. The first-order valence-electron chi connectivity index (χ1n) is 6.64. The van der Waals surface area contributed by atoms with Crippen LogP contribution >= 0.6 is 0 Å². The molecule has 0 saturated carbocycles. The SMILES string of the molecule is CC1OCCC1Nc1cc2c(cc1F)CCC(=O)N2. The van der Waals surface area contributed by atoms with E-state index in [1.165, 1.54) is 6.07 Å². The number of hydrogen-bond acceptors (Lipinski definition) is 3. The molecule has 1 aromatic rings. The molecule has 2 atom stereocenters. The lowest BCUT2D eigenvalue weighted by Gasteiger charge is -2.22. The summed E-state index contributed by atoms with van der Waals surface area (Å²) in [5, 5.41) is 5.96. The summed E-state index contributed by atoms with van der Waals surface area (Å²) in [6.07, 6.45) is 1.96. The van der Waals surface area contributed by atoms with Gasteiger partial charge in [0.05, 0.1) is 17.8 Å². The second-order valence-corrected chi connectivity index (χ2v) is 5.15. The van der Waals surface area contributed by atoms with Crippen LogP contribution in [0, 0.1) is 5.82 Å². The van der Waals surface area contributed by atoms with Crippen molar-refractivity contribution in [2.24, 2.45) is 0 Å². The van der Waals surface area contributed by atoms with Gasteiger partial charge in [-0.1, -0.05) is 0 Å². The molecule has 1 amide bonds. The van der Waals surface area contributed by atoms with Crippen molar-refractivity contribution in [3.8, 4) is 0 Å². The lowest BCUT2D eigenvalue weighted by atomic mass is 10.0. The summed E-state index contributed by atoms with van der Waals surface area (Å²) in [5.41, 5.74) is 2.01. The Morgan fingerprint density at radius 1 is 1.42 bits per heavy atom. The molecule has 4 nitrogen and oxygen atoms in total. The monoisotopic (exact) mass is 264 g/mol. The highest BCUT2D eigenvalue weighted by Crippen LogP contribution is 2.30. The van der Waals surface area contributed by atoms with E-state index in [-0.39, 0.29) is 23.9 Å². The lowest BCUT2D eigenvalue weighted by molar-refractivity contribution is -0.116. The topological polar surface area (TPSA) is 50.4 Å². The van der Waals surface area contributed by atoms with E-state index < -0.39 is 0 Å². The molecule has 3 rings (SSSR count). The van der Waals surface area contributed by atoms with E-state index in [1.54, 1.807) is 6.07 Å². The number of rotatable bonds is 2. The molecule has 2 aliphatic rings. The average Bonchev–Trinajstić information content (AvgIpc) is 2.77. The third kappa shape index (κ3) is 2.42. The lowest BCUT2D eigenvalue weighted by Crippen LogP contribution is -2.27. The van der Waals surface area contributed by atoms with Gasteiger partial charge in [-0.15, -0.1) is 0 Å². The molecule has 0 radical (unpaired) electrons. The minimum absolute atomic E-state index is 0.0115. The summed E-state index contributed by atoms with van der Waals surface area (Å²) in [4.78, 5) is 11.4. The number of aryl methyl sites for hydroxylation is 1. The normalized spacial score (nSPS) is 25.9. The Morgan fingerprint density at radius 3 is 3.00 bits per heavy atom. The molecule has 1 aromatic carbocycles. The summed E-state index contributed by atoms with van der Waals surface area (Å²) in [7, 11) is 0. The molecule has 0 spiro atoms. The third-order valence-electron chi connectivity index (χ3n) is 3.81. The van der Waals surface area contributed by atoms with Crippen molar-refractivity contribution < 1.29 is 13.9 Å². The fourth-order valence-corrected chi connectivity index (χ4v) is 2.63. The number of hydrogen-bond donors (Lipinski definition) is 2. The van der Waals surface area contributed by atoms with Crippen molar-refractivity contribution in [1.29, 1.82) is 0 Å². The van der Waals surface area contributed by atoms with E-state index in [9.17, 15) is 9.18 Å². The van der Waals surface area contributed by atoms with Crippen LogP contribution in [0.3, 0.4) is 0 Å². The molecule has 2 N–H and O–H groups in total. The molecule has 1 fully saturated rings. The average molecular weight is 264 g/mol. The van der Waals surface area contributed by atoms with Gasteiger partial charge in [-0.3, -0.25) is 4.79 Å². The van der Waals surface area contributed by atoms with Crippen LogP contribution in [0.5, 0.6) is 0 Å². The first-order chi connectivity index (χ1) is 9.13. The number of halogens is 1. The standard InChI is InChI=1S/C14H17FN2O2/c1-8-11(4-5-19-8)16-13-7-12-9(6-10(13)15)2-3-14(18)17-12/h6-8,11,16H,2-5H2,1H3,(H,17,18). The number of benzene rings is 1. The molecule has 1 saturated heterocycles. The maximum absolute atomic E-state index is 14.0. The zero-order chi connectivity index (χ0) is 13.4. The minimum Gasteiger partial charge on any atom is -0.377 e. The Balaban J connectivity index is 1.85. The highest BCUT2D eigenvalue weighted by molar-refractivity contribution is 5.94. The number of carbonyl (C=O) groups is 1. The van der Waals surface area contributed by atoms with Gasteiger partial charge in [-0.05, 0) is 37.5 Å². The van der Waals surface area contributed by atoms with E-state index in [1.807, 2.05) is 6.92 Å². The zero-order valence-corrected chi connectivity index (χ0v) is 10.8. The van der Waals surface area contributed by atoms with Crippen molar-refractivity contribution in [3.05, 3.63) is 23.5 Å². The van der Waals surface area contributed by atoms with Crippen LogP contribution in [0.15, 0.2) is 12.1 Å². The van der Waals surface area contributed by atoms with E-state index in [2.05, 4.69) is 10.6 Å². The largest absolute Gasteiger partial charge is 0.377 e. The minimum atomic E-state index is -0.269. The van der Waals surface area contributed by atoms with Crippen molar-refractivity contribution in [3.63, 3.8) is 0 Å². The Morgan fingerprint density at radius 2 is 2.26 bits per heavy atom. The summed E-state index contributed by atoms with van der Waals surface area (Å²) >= 11 is 0. The highest BCUT2D eigenvalue weighted by atomic mass is 19.1. The van der Waals surface area contributed by atoms with Crippen LogP contribution in [0.2, 0.25) is 0 Å². The molecule has 0 bridgehead atoms. The summed E-state index contributed by atoms with van der Waals surface area (Å²) < 4.78 is 19.5. The molecular formula is C14H17FN2O2. The Labute approximate surface area is 111 Å². The molecular weight excluding hydrogens is 247 g/mol. The van der Waals surface area contributed by atoms with Gasteiger partial charge in [0.15, 0.2) is 0 Å². The third-order valence-corrected chi connectivity index (χ3v) is 3.81. The smallest absolute Gasteiger partial charge is 0.224 e. The second-order valence-electron chi connectivity index (χ2n) is 5.15. The number of carbonyl (C=O) groups excluding carboxylic acids is 1. The Bertz CT molecular complexity index is 518. The second kappa shape index (κ2) is 4.81. The van der Waals surface area contributed by atoms with E-state index in [4.69, 9.17) is 4.74 Å². The van der Waals surface area contributed by atoms with Gasteiger partial charge in [-0.2, -0.15) is 0 Å². The van der Waals surface area contributed by atoms with Gasteiger partial charge in [0.25, 0.3) is 0 Å². The van der Waals surface area contributed by atoms with Gasteiger partial charge < -0.3 is 15.4 Å². The number of nitrogens with one attached hydrogen (secondary N) is 2. The first kappa shape index (κ1) is 12.4. The van der Waals surface area contributed by atoms with Gasteiger partial charge in [0, 0.05) is 18.7 Å². The highest BCUT2D eigenvalue weighted by Gasteiger charge is 2.25. The summed E-state index contributed by atoms with van der Waals surface area (Å²) in [6.45, 7) is 2.67. The van der Waals surface area contributed by atoms with Crippen LogP contribution in [0.25, 0.3) is 0 Å². The van der Waals surface area contributed by atoms with Crippen LogP contribution in [0.4, 0.5) is 15.8 Å².